The van der Waals surface area contributed by atoms with E-state index in [-0.39, 0.29) is 12.8 Å². The summed E-state index contributed by atoms with van der Waals surface area (Å²) in [6, 6.07) is 7.16. The number of hydrogen-bond acceptors (Lipinski definition) is 5. The number of fused-ring (bicyclic) bond motifs is 1. The van der Waals surface area contributed by atoms with Gasteiger partial charge in [0.15, 0.2) is 0 Å². The molecule has 5 rings (SSSR count). The predicted molar refractivity (Wildman–Crippen MR) is 119 cm³/mol. The van der Waals surface area contributed by atoms with E-state index in [4.69, 9.17) is 0 Å². The fraction of sp³-hybridized carbons (Fsp3) is 0.435. The molecule has 7 heteroatoms. The van der Waals surface area contributed by atoms with Gasteiger partial charge in [0.1, 0.15) is 11.6 Å². The van der Waals surface area contributed by atoms with E-state index >= 15 is 0 Å². The van der Waals surface area contributed by atoms with Crippen molar-refractivity contribution in [2.24, 2.45) is 0 Å². The number of H-pyrrole nitrogens is 1. The molecule has 3 aromatic rings. The summed E-state index contributed by atoms with van der Waals surface area (Å²) in [5.74, 6) is 0.924. The fourth-order valence-electron chi connectivity index (χ4n) is 3.87. The molecule has 0 bridgehead atoms. The van der Waals surface area contributed by atoms with Crippen molar-refractivity contribution >= 4 is 16.9 Å². The molecule has 0 atom stereocenters. The molecule has 0 radical (unpaired) electrons. The van der Waals surface area contributed by atoms with Crippen molar-refractivity contribution < 1.29 is 5.82 Å². The second kappa shape index (κ2) is 8.92. The Morgan fingerprint density at radius 3 is 2.53 bits per heavy atom. The number of aromatic nitrogens is 3. The first-order valence-electron chi connectivity index (χ1n) is 10.8. The molecule has 4 heterocycles. The highest BCUT2D eigenvalue weighted by atomic mass is 19.1. The zero-order valence-corrected chi connectivity index (χ0v) is 17.6. The van der Waals surface area contributed by atoms with E-state index in [1.165, 1.54) is 12.3 Å². The number of hydrogen-bond donors (Lipinski definition) is 1. The number of halogens is 1. The Bertz CT molecular complexity index is 1060. The van der Waals surface area contributed by atoms with Crippen LogP contribution in [0.2, 0.25) is 0 Å². The van der Waals surface area contributed by atoms with Gasteiger partial charge in [-0.2, -0.15) is 0 Å². The third-order valence-electron chi connectivity index (χ3n) is 5.61. The molecular weight excluding hydrogens is 381 g/mol. The van der Waals surface area contributed by atoms with Crippen molar-refractivity contribution in [3.05, 3.63) is 64.0 Å². The number of piperazine rings is 1. The minimum atomic E-state index is -0.312. The maximum Gasteiger partial charge on any atom is 0.252 e. The zero-order valence-electron chi connectivity index (χ0n) is 17.6. The second-order valence-corrected chi connectivity index (χ2v) is 7.70. The third kappa shape index (κ3) is 4.51. The molecule has 1 saturated heterocycles. The molecule has 3 aromatic heterocycles. The van der Waals surface area contributed by atoms with E-state index in [0.717, 1.165) is 73.5 Å². The van der Waals surface area contributed by atoms with Crippen molar-refractivity contribution in [3.8, 4) is 0 Å². The zero-order chi connectivity index (χ0) is 21.1. The van der Waals surface area contributed by atoms with Gasteiger partial charge in [-0.05, 0) is 48.6 Å². The third-order valence-corrected chi connectivity index (χ3v) is 5.61. The first-order chi connectivity index (χ1) is 14.7. The van der Waals surface area contributed by atoms with Gasteiger partial charge in [-0.1, -0.05) is 13.8 Å². The van der Waals surface area contributed by atoms with Crippen molar-refractivity contribution in [1.29, 1.82) is 0 Å². The van der Waals surface area contributed by atoms with Crippen LogP contribution < -0.4 is 10.5 Å². The van der Waals surface area contributed by atoms with Gasteiger partial charge in [-0.15, -0.1) is 0 Å². The van der Waals surface area contributed by atoms with Crippen molar-refractivity contribution in [1.82, 2.24) is 19.9 Å². The molecule has 0 amide bonds. The highest BCUT2D eigenvalue weighted by molar-refractivity contribution is 5.75. The van der Waals surface area contributed by atoms with E-state index in [2.05, 4.69) is 24.8 Å². The number of anilines is 1. The molecule has 6 nitrogen and oxygen atoms in total. The van der Waals surface area contributed by atoms with E-state index in [0.29, 0.717) is 5.92 Å². The molecule has 1 aliphatic heterocycles. The summed E-state index contributed by atoms with van der Waals surface area (Å²) >= 11 is 0. The lowest BCUT2D eigenvalue weighted by atomic mass is 10.1. The summed E-state index contributed by atoms with van der Waals surface area (Å²) in [4.78, 5) is 28.6. The number of nitrogens with zero attached hydrogens (tertiary/aromatic N) is 4. The van der Waals surface area contributed by atoms with Gasteiger partial charge in [0, 0.05) is 45.9 Å². The van der Waals surface area contributed by atoms with Gasteiger partial charge in [-0.25, -0.2) is 9.37 Å². The van der Waals surface area contributed by atoms with Gasteiger partial charge in [-0.3, -0.25) is 14.7 Å². The van der Waals surface area contributed by atoms with Crippen molar-refractivity contribution in [2.75, 3.05) is 31.1 Å². The normalized spacial score (nSPS) is 17.0. The van der Waals surface area contributed by atoms with Crippen molar-refractivity contribution in [3.63, 3.8) is 0 Å². The van der Waals surface area contributed by atoms with Crippen LogP contribution in [0.15, 0.2) is 41.5 Å². The first kappa shape index (κ1) is 20.5. The molecule has 2 fully saturated rings. The largest absolute Gasteiger partial charge is 0.354 e. The molecule has 0 aromatic carbocycles. The van der Waals surface area contributed by atoms with Crippen LogP contribution >= 0.6 is 0 Å². The Hall–Kier alpha value is -2.80. The highest BCUT2D eigenvalue weighted by Gasteiger charge is 2.26. The van der Waals surface area contributed by atoms with E-state index in [9.17, 15) is 9.18 Å². The highest BCUT2D eigenvalue weighted by Crippen LogP contribution is 2.38. The number of nitrogens with one attached hydrogen (secondary N) is 1. The molecule has 1 aliphatic carbocycles. The maximum absolute atomic E-state index is 13.0. The lowest BCUT2D eigenvalue weighted by molar-refractivity contribution is 0.249. The minimum Gasteiger partial charge on any atom is -0.354 e. The van der Waals surface area contributed by atoms with Gasteiger partial charge < -0.3 is 9.88 Å². The number of pyridine rings is 3. The predicted octanol–water partition coefficient (Wildman–Crippen LogP) is 3.93. The monoisotopic (exact) mass is 411 g/mol. The van der Waals surface area contributed by atoms with Crippen LogP contribution in [0.3, 0.4) is 0 Å². The Kier molecular flexibility index (Phi) is 6.08. The minimum absolute atomic E-state index is 0. The van der Waals surface area contributed by atoms with Gasteiger partial charge in [0.2, 0.25) is 0 Å². The van der Waals surface area contributed by atoms with E-state index in [1.807, 2.05) is 32.2 Å². The van der Waals surface area contributed by atoms with E-state index in [1.54, 1.807) is 6.07 Å². The lowest BCUT2D eigenvalue weighted by Gasteiger charge is -2.35. The van der Waals surface area contributed by atoms with Gasteiger partial charge in [0.25, 0.3) is 5.56 Å². The molecule has 1 N–H and O–H groups in total. The molecular formula is C23H30FN5O. The van der Waals surface area contributed by atoms with Gasteiger partial charge >= 0.3 is 0 Å². The number of aromatic amines is 1. The molecule has 2 aliphatic rings. The average molecular weight is 412 g/mol. The summed E-state index contributed by atoms with van der Waals surface area (Å²) in [5, 5.41) is 0. The topological polar surface area (TPSA) is 65.1 Å². The molecule has 0 spiro atoms. The lowest BCUT2D eigenvalue weighted by Crippen LogP contribution is -2.46. The quantitative estimate of drug-likeness (QED) is 0.705. The summed E-state index contributed by atoms with van der Waals surface area (Å²) in [6.07, 6.45) is 5.38. The standard InChI is InChI=1S/C21H22FN5O.C2H6.H2/c22-16-3-4-20(24-12-16)27-7-5-26(6-8-27)13-14-9-19-18(23-11-14)10-17(15-1-2-15)21(28)25-19;1-2;/h3-4,9-12,15H,1-2,5-8,13H2,(H,25,28);1-2H3;1H. The van der Waals surface area contributed by atoms with E-state index < -0.39 is 0 Å². The van der Waals surface area contributed by atoms with Crippen molar-refractivity contribution in [2.45, 2.75) is 39.2 Å². The van der Waals surface area contributed by atoms with Crippen LogP contribution in [0.25, 0.3) is 11.0 Å². The Balaban J connectivity index is 0.000000883. The molecule has 1 saturated carbocycles. The Labute approximate surface area is 177 Å². The summed E-state index contributed by atoms with van der Waals surface area (Å²) < 4.78 is 13.0. The molecule has 30 heavy (non-hydrogen) atoms. The van der Waals surface area contributed by atoms with Crippen LogP contribution in [0.5, 0.6) is 0 Å². The summed E-state index contributed by atoms with van der Waals surface area (Å²) in [5.41, 5.74) is 3.65. The van der Waals surface area contributed by atoms with Crippen LogP contribution in [-0.4, -0.2) is 46.0 Å². The van der Waals surface area contributed by atoms with Crippen LogP contribution in [0.1, 0.15) is 45.2 Å². The summed E-state index contributed by atoms with van der Waals surface area (Å²) in [6.45, 7) is 8.28. The Morgan fingerprint density at radius 2 is 1.87 bits per heavy atom. The second-order valence-electron chi connectivity index (χ2n) is 7.70. The smallest absolute Gasteiger partial charge is 0.252 e. The Morgan fingerprint density at radius 1 is 1.10 bits per heavy atom. The first-order valence-corrected chi connectivity index (χ1v) is 10.8. The van der Waals surface area contributed by atoms with Gasteiger partial charge in [0.05, 0.1) is 17.2 Å². The SMILES string of the molecule is CC.O=c1[nH]c2cc(CN3CCN(c4ccc(F)cn4)CC3)cnc2cc1C1CC1.[HH]. The van der Waals surface area contributed by atoms with Crippen LogP contribution in [0, 0.1) is 5.82 Å². The molecule has 0 unspecified atom stereocenters. The van der Waals surface area contributed by atoms with Crippen LogP contribution in [0.4, 0.5) is 10.2 Å². The average Bonchev–Trinajstić information content (AvgIpc) is 3.61. The summed E-state index contributed by atoms with van der Waals surface area (Å²) in [7, 11) is 0. The fourth-order valence-corrected chi connectivity index (χ4v) is 3.87. The van der Waals surface area contributed by atoms with Crippen LogP contribution in [-0.2, 0) is 6.54 Å². The molecule has 160 valence electrons. The number of rotatable bonds is 4. The maximum atomic E-state index is 13.0.